The number of alkyl halides is 3. The summed E-state index contributed by atoms with van der Waals surface area (Å²) in [4.78, 5) is 4.22. The lowest BCUT2D eigenvalue weighted by molar-refractivity contribution is -0.137. The molecule has 1 saturated heterocycles. The third-order valence-corrected chi connectivity index (χ3v) is 3.50. The molecule has 2 aromatic rings. The lowest BCUT2D eigenvalue weighted by Gasteiger charge is -2.19. The van der Waals surface area contributed by atoms with Crippen molar-refractivity contribution in [3.63, 3.8) is 0 Å². The third kappa shape index (κ3) is 3.07. The summed E-state index contributed by atoms with van der Waals surface area (Å²) in [6, 6.07) is 4.92. The molecule has 21 heavy (non-hydrogen) atoms. The number of nitrogens with one attached hydrogen (secondary N) is 1. The zero-order valence-electron chi connectivity index (χ0n) is 11.2. The molecule has 3 rings (SSSR count). The first kappa shape index (κ1) is 14.1. The van der Waals surface area contributed by atoms with E-state index in [1.165, 1.54) is 12.1 Å². The van der Waals surface area contributed by atoms with Gasteiger partial charge in [0.1, 0.15) is 0 Å². The van der Waals surface area contributed by atoms with Crippen LogP contribution in [0.4, 0.5) is 13.2 Å². The largest absolute Gasteiger partial charge is 0.416 e. The summed E-state index contributed by atoms with van der Waals surface area (Å²) in [5.41, 5.74) is -0.419. The minimum Gasteiger partial charge on any atom is -0.337 e. The summed E-state index contributed by atoms with van der Waals surface area (Å²) in [6.45, 7) is 0.881. The molecule has 7 heteroatoms. The molecule has 1 fully saturated rings. The highest BCUT2D eigenvalue weighted by Gasteiger charge is 2.31. The Kier molecular flexibility index (Phi) is 3.67. The number of halogens is 3. The molecule has 1 aromatic heterocycles. The second kappa shape index (κ2) is 5.48. The predicted octanol–water partition coefficient (Wildman–Crippen LogP) is 3.57. The van der Waals surface area contributed by atoms with E-state index in [0.717, 1.165) is 37.9 Å². The van der Waals surface area contributed by atoms with Gasteiger partial charge in [0.25, 0.3) is 0 Å². The first-order valence-electron chi connectivity index (χ1n) is 6.78. The molecule has 0 spiro atoms. The molecule has 112 valence electrons. The average Bonchev–Trinajstić information content (AvgIpc) is 2.97. The molecule has 1 atom stereocenters. The Hall–Kier alpha value is -1.89. The Morgan fingerprint density at radius 3 is 2.81 bits per heavy atom. The van der Waals surface area contributed by atoms with Crippen molar-refractivity contribution in [1.29, 1.82) is 0 Å². The minimum atomic E-state index is -4.38. The molecular formula is C14H14F3N3O. The number of hydrogen-bond donors (Lipinski definition) is 1. The van der Waals surface area contributed by atoms with Crippen molar-refractivity contribution < 1.29 is 17.7 Å². The molecule has 1 aliphatic rings. The summed E-state index contributed by atoms with van der Waals surface area (Å²) in [7, 11) is 0. The Balaban J connectivity index is 1.86. The van der Waals surface area contributed by atoms with Crippen molar-refractivity contribution in [2.24, 2.45) is 0 Å². The summed E-state index contributed by atoms with van der Waals surface area (Å²) in [6.07, 6.45) is -1.32. The van der Waals surface area contributed by atoms with Crippen LogP contribution in [-0.2, 0) is 6.18 Å². The Morgan fingerprint density at radius 1 is 1.24 bits per heavy atom. The highest BCUT2D eigenvalue weighted by molar-refractivity contribution is 5.55. The molecular weight excluding hydrogens is 283 g/mol. The van der Waals surface area contributed by atoms with Crippen LogP contribution in [0.25, 0.3) is 11.4 Å². The molecule has 0 amide bonds. The fraction of sp³-hybridized carbons (Fsp3) is 0.429. The number of benzene rings is 1. The van der Waals surface area contributed by atoms with Crippen molar-refractivity contribution in [2.75, 3.05) is 6.54 Å². The summed E-state index contributed by atoms with van der Waals surface area (Å²) >= 11 is 0. The van der Waals surface area contributed by atoms with Crippen LogP contribution >= 0.6 is 0 Å². The molecule has 1 N–H and O–H groups in total. The van der Waals surface area contributed by atoms with Crippen LogP contribution in [0.1, 0.15) is 36.8 Å². The van der Waals surface area contributed by atoms with Gasteiger partial charge in [0.05, 0.1) is 11.6 Å². The number of piperidine rings is 1. The molecule has 1 aromatic carbocycles. The van der Waals surface area contributed by atoms with Gasteiger partial charge in [-0.15, -0.1) is 0 Å². The highest BCUT2D eigenvalue weighted by Crippen LogP contribution is 2.32. The highest BCUT2D eigenvalue weighted by atomic mass is 19.4. The van der Waals surface area contributed by atoms with E-state index in [2.05, 4.69) is 15.5 Å². The van der Waals surface area contributed by atoms with Gasteiger partial charge in [-0.05, 0) is 31.5 Å². The summed E-state index contributed by atoms with van der Waals surface area (Å²) in [5, 5.41) is 7.05. The lowest BCUT2D eigenvalue weighted by atomic mass is 10.1. The smallest absolute Gasteiger partial charge is 0.337 e. The first-order chi connectivity index (χ1) is 10.0. The van der Waals surface area contributed by atoms with Crippen LogP contribution in [0.15, 0.2) is 28.8 Å². The van der Waals surface area contributed by atoms with Crippen LogP contribution in [-0.4, -0.2) is 16.7 Å². The van der Waals surface area contributed by atoms with Gasteiger partial charge in [-0.3, -0.25) is 0 Å². The van der Waals surface area contributed by atoms with Gasteiger partial charge in [0.15, 0.2) is 0 Å². The standard InChI is InChI=1S/C14H14F3N3O/c15-14(16,17)10-5-3-4-9(8-10)12-19-13(21-20-12)11-6-1-2-7-18-11/h3-5,8,11,18H,1-2,6-7H2/t11-/m1/s1. The fourth-order valence-electron chi connectivity index (χ4n) is 2.39. The van der Waals surface area contributed by atoms with Gasteiger partial charge >= 0.3 is 6.18 Å². The van der Waals surface area contributed by atoms with Crippen LogP contribution in [0.5, 0.6) is 0 Å². The van der Waals surface area contributed by atoms with Crippen molar-refractivity contribution >= 4 is 0 Å². The Labute approximate surface area is 119 Å². The van der Waals surface area contributed by atoms with Crippen LogP contribution < -0.4 is 5.32 Å². The van der Waals surface area contributed by atoms with E-state index in [4.69, 9.17) is 4.52 Å². The molecule has 2 heterocycles. The number of rotatable bonds is 2. The quantitative estimate of drug-likeness (QED) is 0.920. The maximum absolute atomic E-state index is 12.7. The van der Waals surface area contributed by atoms with Gasteiger partial charge in [0, 0.05) is 5.56 Å². The van der Waals surface area contributed by atoms with Crippen molar-refractivity contribution in [3.05, 3.63) is 35.7 Å². The Morgan fingerprint density at radius 2 is 2.10 bits per heavy atom. The van der Waals surface area contributed by atoms with Crippen LogP contribution in [0.3, 0.4) is 0 Å². The first-order valence-corrected chi connectivity index (χ1v) is 6.78. The van der Waals surface area contributed by atoms with E-state index in [-0.39, 0.29) is 11.9 Å². The fourth-order valence-corrected chi connectivity index (χ4v) is 2.39. The minimum absolute atomic E-state index is 0.00852. The SMILES string of the molecule is FC(F)(F)c1cccc(-c2noc([C@H]3CCCCN3)n2)c1. The predicted molar refractivity (Wildman–Crippen MR) is 69.3 cm³/mol. The molecule has 0 radical (unpaired) electrons. The van der Waals surface area contributed by atoms with E-state index in [1.807, 2.05) is 0 Å². The van der Waals surface area contributed by atoms with Crippen molar-refractivity contribution in [1.82, 2.24) is 15.5 Å². The van der Waals surface area contributed by atoms with Crippen LogP contribution in [0, 0.1) is 0 Å². The molecule has 0 unspecified atom stereocenters. The molecule has 0 saturated carbocycles. The van der Waals surface area contributed by atoms with Crippen molar-refractivity contribution in [3.8, 4) is 11.4 Å². The monoisotopic (exact) mass is 297 g/mol. The van der Waals surface area contributed by atoms with E-state index in [1.54, 1.807) is 0 Å². The van der Waals surface area contributed by atoms with Gasteiger partial charge in [-0.1, -0.05) is 23.7 Å². The molecule has 0 aliphatic carbocycles. The molecule has 1 aliphatic heterocycles. The summed E-state index contributed by atoms with van der Waals surface area (Å²) < 4.78 is 43.3. The van der Waals surface area contributed by atoms with Gasteiger partial charge < -0.3 is 9.84 Å². The van der Waals surface area contributed by atoms with E-state index in [9.17, 15) is 13.2 Å². The normalized spacial score (nSPS) is 19.7. The maximum Gasteiger partial charge on any atom is 0.416 e. The molecule has 4 nitrogen and oxygen atoms in total. The number of hydrogen-bond acceptors (Lipinski definition) is 4. The third-order valence-electron chi connectivity index (χ3n) is 3.50. The summed E-state index contributed by atoms with van der Waals surface area (Å²) in [5.74, 6) is 0.616. The van der Waals surface area contributed by atoms with E-state index in [0.29, 0.717) is 11.5 Å². The average molecular weight is 297 g/mol. The van der Waals surface area contributed by atoms with E-state index < -0.39 is 11.7 Å². The van der Waals surface area contributed by atoms with Gasteiger partial charge in [-0.25, -0.2) is 0 Å². The number of nitrogens with zero attached hydrogens (tertiary/aromatic N) is 2. The zero-order valence-corrected chi connectivity index (χ0v) is 11.2. The second-order valence-electron chi connectivity index (χ2n) is 5.04. The van der Waals surface area contributed by atoms with E-state index >= 15 is 0 Å². The number of aromatic nitrogens is 2. The van der Waals surface area contributed by atoms with Crippen molar-refractivity contribution in [2.45, 2.75) is 31.5 Å². The zero-order chi connectivity index (χ0) is 14.9. The van der Waals surface area contributed by atoms with Gasteiger partial charge in [0.2, 0.25) is 11.7 Å². The topological polar surface area (TPSA) is 51.0 Å². The maximum atomic E-state index is 12.7. The molecule has 0 bridgehead atoms. The Bertz CT molecular complexity index is 618. The lowest BCUT2D eigenvalue weighted by Crippen LogP contribution is -2.26. The van der Waals surface area contributed by atoms with Gasteiger partial charge in [-0.2, -0.15) is 18.2 Å². The van der Waals surface area contributed by atoms with Crippen LogP contribution in [0.2, 0.25) is 0 Å². The second-order valence-corrected chi connectivity index (χ2v) is 5.04.